The fourth-order valence-corrected chi connectivity index (χ4v) is 3.17. The molecule has 0 bridgehead atoms. The van der Waals surface area contributed by atoms with Crippen LogP contribution in [-0.4, -0.2) is 11.8 Å². The van der Waals surface area contributed by atoms with Gasteiger partial charge in [-0.25, -0.2) is 0 Å². The molecule has 1 fully saturated rings. The summed E-state index contributed by atoms with van der Waals surface area (Å²) in [6, 6.07) is 7.77. The molecule has 18 heavy (non-hydrogen) atoms. The van der Waals surface area contributed by atoms with Gasteiger partial charge in [-0.15, -0.1) is 0 Å². The number of benzene rings is 1. The third-order valence-electron chi connectivity index (χ3n) is 3.40. The molecule has 2 rings (SSSR count). The standard InChI is InChI=1S/C14H19F2NS/c1-10-5-4-6-11(9-10)17-12-7-2-3-8-13(12)18-14(15)16/h2-3,7-8,10-11,14,17H,4-6,9H2,1H3. The monoisotopic (exact) mass is 271 g/mol. The Balaban J connectivity index is 2.03. The predicted molar refractivity (Wildman–Crippen MR) is 73.3 cm³/mol. The van der Waals surface area contributed by atoms with Crippen molar-refractivity contribution >= 4 is 17.4 Å². The quantitative estimate of drug-likeness (QED) is 0.774. The van der Waals surface area contributed by atoms with Gasteiger partial charge in [0.2, 0.25) is 0 Å². The second-order valence-corrected chi connectivity index (χ2v) is 6.02. The molecular formula is C14H19F2NS. The molecule has 1 saturated carbocycles. The molecule has 0 radical (unpaired) electrons. The van der Waals surface area contributed by atoms with E-state index in [9.17, 15) is 8.78 Å². The highest BCUT2D eigenvalue weighted by Gasteiger charge is 2.19. The number of nitrogens with one attached hydrogen (secondary N) is 1. The van der Waals surface area contributed by atoms with Crippen LogP contribution in [-0.2, 0) is 0 Å². The van der Waals surface area contributed by atoms with Crippen LogP contribution in [0.2, 0.25) is 0 Å². The van der Waals surface area contributed by atoms with Gasteiger partial charge in [0.1, 0.15) is 0 Å². The van der Waals surface area contributed by atoms with Gasteiger partial charge in [0.15, 0.2) is 0 Å². The van der Waals surface area contributed by atoms with Gasteiger partial charge in [0, 0.05) is 16.6 Å². The average Bonchev–Trinajstić information content (AvgIpc) is 2.31. The van der Waals surface area contributed by atoms with Crippen molar-refractivity contribution in [3.05, 3.63) is 24.3 Å². The number of hydrogen-bond acceptors (Lipinski definition) is 2. The van der Waals surface area contributed by atoms with Gasteiger partial charge in [0.25, 0.3) is 5.76 Å². The summed E-state index contributed by atoms with van der Waals surface area (Å²) in [5.41, 5.74) is 0.849. The minimum Gasteiger partial charge on any atom is -0.381 e. The van der Waals surface area contributed by atoms with Crippen molar-refractivity contribution in [3.8, 4) is 0 Å². The molecule has 0 amide bonds. The summed E-state index contributed by atoms with van der Waals surface area (Å²) in [5, 5.41) is 3.43. The highest BCUT2D eigenvalue weighted by atomic mass is 32.2. The summed E-state index contributed by atoms with van der Waals surface area (Å²) < 4.78 is 25.0. The summed E-state index contributed by atoms with van der Waals surface area (Å²) in [7, 11) is 0. The molecule has 1 aromatic rings. The Kier molecular flexibility index (Phi) is 4.87. The SMILES string of the molecule is CC1CCCC(Nc2ccccc2SC(F)F)C1. The lowest BCUT2D eigenvalue weighted by atomic mass is 9.87. The van der Waals surface area contributed by atoms with Crippen molar-refractivity contribution in [2.45, 2.75) is 49.3 Å². The molecule has 2 unspecified atom stereocenters. The maximum absolute atomic E-state index is 12.5. The number of rotatable bonds is 4. The summed E-state index contributed by atoms with van der Waals surface area (Å²) in [6.45, 7) is 2.26. The van der Waals surface area contributed by atoms with Gasteiger partial charge in [-0.05, 0) is 30.9 Å². The fraction of sp³-hybridized carbons (Fsp3) is 0.571. The van der Waals surface area contributed by atoms with Crippen LogP contribution in [0.4, 0.5) is 14.5 Å². The number of thioether (sulfide) groups is 1. The molecule has 1 aliphatic carbocycles. The first-order valence-corrected chi connectivity index (χ1v) is 7.33. The van der Waals surface area contributed by atoms with Crippen LogP contribution in [0, 0.1) is 5.92 Å². The zero-order valence-corrected chi connectivity index (χ0v) is 11.4. The Bertz CT molecular complexity index is 384. The van der Waals surface area contributed by atoms with Gasteiger partial charge in [-0.1, -0.05) is 43.7 Å². The summed E-state index contributed by atoms with van der Waals surface area (Å²) in [4.78, 5) is 0.644. The molecule has 4 heteroatoms. The lowest BCUT2D eigenvalue weighted by Gasteiger charge is -2.29. The zero-order valence-electron chi connectivity index (χ0n) is 10.5. The normalized spacial score (nSPS) is 24.2. The van der Waals surface area contributed by atoms with Crippen LogP contribution >= 0.6 is 11.8 Å². The molecular weight excluding hydrogens is 252 g/mol. The van der Waals surface area contributed by atoms with Gasteiger partial charge >= 0.3 is 0 Å². The van der Waals surface area contributed by atoms with Crippen molar-refractivity contribution < 1.29 is 8.78 Å². The van der Waals surface area contributed by atoms with Crippen LogP contribution in [0.3, 0.4) is 0 Å². The van der Waals surface area contributed by atoms with E-state index in [0.717, 1.165) is 24.4 Å². The Morgan fingerprint density at radius 2 is 2.06 bits per heavy atom. The maximum atomic E-state index is 12.5. The molecule has 0 aromatic heterocycles. The van der Waals surface area contributed by atoms with Gasteiger partial charge in [0.05, 0.1) is 0 Å². The van der Waals surface area contributed by atoms with Crippen molar-refractivity contribution in [1.29, 1.82) is 0 Å². The van der Waals surface area contributed by atoms with Gasteiger partial charge in [-0.3, -0.25) is 0 Å². The first-order chi connectivity index (χ1) is 8.65. The van der Waals surface area contributed by atoms with Gasteiger partial charge in [-0.2, -0.15) is 8.78 Å². The molecule has 0 saturated heterocycles. The minimum atomic E-state index is -2.36. The molecule has 0 heterocycles. The second kappa shape index (κ2) is 6.41. The summed E-state index contributed by atoms with van der Waals surface area (Å²) in [6.07, 6.45) is 4.78. The van der Waals surface area contributed by atoms with E-state index in [4.69, 9.17) is 0 Å². The topological polar surface area (TPSA) is 12.0 Å². The number of halogens is 2. The minimum absolute atomic E-state index is 0.424. The Hall–Kier alpha value is -0.770. The van der Waals surface area contributed by atoms with E-state index in [0.29, 0.717) is 22.7 Å². The fourth-order valence-electron chi connectivity index (χ4n) is 2.57. The summed E-state index contributed by atoms with van der Waals surface area (Å²) in [5.74, 6) is -1.63. The third-order valence-corrected chi connectivity index (χ3v) is 4.19. The second-order valence-electron chi connectivity index (χ2n) is 4.99. The summed E-state index contributed by atoms with van der Waals surface area (Å²) >= 11 is 0.619. The van der Waals surface area contributed by atoms with E-state index >= 15 is 0 Å². The molecule has 1 aromatic carbocycles. The molecule has 1 nitrogen and oxygen atoms in total. The van der Waals surface area contributed by atoms with E-state index < -0.39 is 5.76 Å². The first-order valence-electron chi connectivity index (χ1n) is 6.45. The van der Waals surface area contributed by atoms with E-state index in [1.165, 1.54) is 12.8 Å². The average molecular weight is 271 g/mol. The van der Waals surface area contributed by atoms with E-state index in [-0.39, 0.29) is 0 Å². The zero-order chi connectivity index (χ0) is 13.0. The van der Waals surface area contributed by atoms with Crippen LogP contribution in [0.1, 0.15) is 32.6 Å². The molecule has 100 valence electrons. The highest BCUT2D eigenvalue weighted by molar-refractivity contribution is 7.99. The molecule has 1 N–H and O–H groups in total. The molecule has 0 spiro atoms. The Morgan fingerprint density at radius 1 is 1.28 bits per heavy atom. The number of alkyl halides is 2. The van der Waals surface area contributed by atoms with Gasteiger partial charge < -0.3 is 5.32 Å². The Labute approximate surface area is 111 Å². The third kappa shape index (κ3) is 3.87. The van der Waals surface area contributed by atoms with Crippen LogP contribution in [0.25, 0.3) is 0 Å². The molecule has 2 atom stereocenters. The van der Waals surface area contributed by atoms with Crippen molar-refractivity contribution in [2.75, 3.05) is 5.32 Å². The van der Waals surface area contributed by atoms with Crippen LogP contribution < -0.4 is 5.32 Å². The van der Waals surface area contributed by atoms with Crippen molar-refractivity contribution in [3.63, 3.8) is 0 Å². The van der Waals surface area contributed by atoms with Crippen molar-refractivity contribution in [2.24, 2.45) is 5.92 Å². The van der Waals surface area contributed by atoms with E-state index in [1.807, 2.05) is 12.1 Å². The van der Waals surface area contributed by atoms with E-state index in [2.05, 4.69) is 12.2 Å². The highest BCUT2D eigenvalue weighted by Crippen LogP contribution is 2.34. The van der Waals surface area contributed by atoms with Crippen molar-refractivity contribution in [1.82, 2.24) is 0 Å². The number of anilines is 1. The van der Waals surface area contributed by atoms with Crippen LogP contribution in [0.15, 0.2) is 29.2 Å². The molecule has 0 aliphatic heterocycles. The lowest BCUT2D eigenvalue weighted by molar-refractivity contribution is 0.252. The lowest BCUT2D eigenvalue weighted by Crippen LogP contribution is -2.26. The number of para-hydroxylation sites is 1. The maximum Gasteiger partial charge on any atom is 0.288 e. The largest absolute Gasteiger partial charge is 0.381 e. The smallest absolute Gasteiger partial charge is 0.288 e. The predicted octanol–water partition coefficient (Wildman–Crippen LogP) is 4.99. The van der Waals surface area contributed by atoms with Crippen LogP contribution in [0.5, 0.6) is 0 Å². The Morgan fingerprint density at radius 3 is 2.78 bits per heavy atom. The van der Waals surface area contributed by atoms with E-state index in [1.54, 1.807) is 12.1 Å². The number of hydrogen-bond donors (Lipinski definition) is 1. The molecule has 1 aliphatic rings. The first kappa shape index (κ1) is 13.7.